The van der Waals surface area contributed by atoms with Gasteiger partial charge >= 0.3 is 5.97 Å². The molecule has 1 fully saturated rings. The van der Waals surface area contributed by atoms with Crippen molar-refractivity contribution in [2.45, 2.75) is 18.2 Å². The molecule has 1 unspecified atom stereocenters. The molecule has 18 heavy (non-hydrogen) atoms. The second-order valence-corrected chi connectivity index (χ2v) is 6.42. The van der Waals surface area contributed by atoms with E-state index in [0.717, 1.165) is 9.77 Å². The smallest absolute Gasteiger partial charge is 0.311 e. The monoisotopic (exact) mass is 285 g/mol. The van der Waals surface area contributed by atoms with Crippen molar-refractivity contribution in [3.8, 4) is 0 Å². The van der Waals surface area contributed by atoms with Gasteiger partial charge in [0.15, 0.2) is 0 Å². The van der Waals surface area contributed by atoms with Gasteiger partial charge < -0.3 is 10.0 Å². The quantitative estimate of drug-likeness (QED) is 0.866. The molecule has 1 saturated heterocycles. The molecular formula is C12H15NO3S2. The van der Waals surface area contributed by atoms with E-state index in [1.807, 2.05) is 17.7 Å². The Hall–Kier alpha value is -1.01. The van der Waals surface area contributed by atoms with E-state index >= 15 is 0 Å². The first-order chi connectivity index (χ1) is 8.48. The standard InChI is InChI=1S/C12H15NO3S2/c1-12(11(15)16)4-5-13(7-12)10(14)9-8(17-2)3-6-18-9/h3,6H,4-5,7H2,1-2H3,(H,15,16). The van der Waals surface area contributed by atoms with E-state index in [0.29, 0.717) is 19.5 Å². The summed E-state index contributed by atoms with van der Waals surface area (Å²) in [6.45, 7) is 2.52. The highest BCUT2D eigenvalue weighted by atomic mass is 32.2. The fourth-order valence-corrected chi connectivity index (χ4v) is 3.78. The predicted octanol–water partition coefficient (Wildman–Crippen LogP) is 2.41. The summed E-state index contributed by atoms with van der Waals surface area (Å²) in [4.78, 5) is 26.8. The first-order valence-corrected chi connectivity index (χ1v) is 7.72. The Morgan fingerprint density at radius 1 is 1.56 bits per heavy atom. The van der Waals surface area contributed by atoms with Crippen LogP contribution < -0.4 is 0 Å². The Kier molecular flexibility index (Phi) is 3.68. The average molecular weight is 285 g/mol. The number of thiophene rings is 1. The number of thioether (sulfide) groups is 1. The maximum atomic E-state index is 12.3. The summed E-state index contributed by atoms with van der Waals surface area (Å²) in [5.74, 6) is -0.867. The van der Waals surface area contributed by atoms with Crippen LogP contribution in [0.15, 0.2) is 16.3 Å². The highest BCUT2D eigenvalue weighted by molar-refractivity contribution is 7.98. The molecule has 0 aromatic carbocycles. The number of likely N-dealkylation sites (tertiary alicyclic amines) is 1. The van der Waals surface area contributed by atoms with Crippen LogP contribution in [0.4, 0.5) is 0 Å². The van der Waals surface area contributed by atoms with Gasteiger partial charge in [0.1, 0.15) is 4.88 Å². The number of carbonyl (C=O) groups excluding carboxylic acids is 1. The van der Waals surface area contributed by atoms with Crippen molar-refractivity contribution in [2.24, 2.45) is 5.41 Å². The van der Waals surface area contributed by atoms with Crippen LogP contribution in [0.2, 0.25) is 0 Å². The summed E-state index contributed by atoms with van der Waals surface area (Å²) in [7, 11) is 0. The molecule has 4 nitrogen and oxygen atoms in total. The normalized spacial score (nSPS) is 23.3. The van der Waals surface area contributed by atoms with Gasteiger partial charge in [-0.25, -0.2) is 0 Å². The minimum atomic E-state index is -0.825. The molecule has 1 N–H and O–H groups in total. The molecule has 0 saturated carbocycles. The van der Waals surface area contributed by atoms with E-state index < -0.39 is 11.4 Å². The minimum Gasteiger partial charge on any atom is -0.481 e. The number of aliphatic carboxylic acids is 1. The minimum absolute atomic E-state index is 0.0423. The fraction of sp³-hybridized carbons (Fsp3) is 0.500. The summed E-state index contributed by atoms with van der Waals surface area (Å²) in [5.41, 5.74) is -0.799. The van der Waals surface area contributed by atoms with E-state index in [2.05, 4.69) is 0 Å². The predicted molar refractivity (Wildman–Crippen MR) is 72.4 cm³/mol. The van der Waals surface area contributed by atoms with Gasteiger partial charge in [-0.3, -0.25) is 9.59 Å². The van der Waals surface area contributed by atoms with Crippen molar-refractivity contribution in [3.05, 3.63) is 16.3 Å². The van der Waals surface area contributed by atoms with E-state index in [4.69, 9.17) is 5.11 Å². The molecule has 2 rings (SSSR count). The molecule has 1 aliphatic rings. The van der Waals surface area contributed by atoms with Gasteiger partial charge in [0.2, 0.25) is 0 Å². The number of carboxylic acid groups (broad SMARTS) is 1. The maximum absolute atomic E-state index is 12.3. The van der Waals surface area contributed by atoms with E-state index in [9.17, 15) is 9.59 Å². The number of amides is 1. The first kappa shape index (κ1) is 13.4. The van der Waals surface area contributed by atoms with Gasteiger partial charge in [-0.15, -0.1) is 23.1 Å². The van der Waals surface area contributed by atoms with Gasteiger partial charge in [-0.05, 0) is 31.0 Å². The van der Waals surface area contributed by atoms with Gasteiger partial charge in [-0.1, -0.05) is 0 Å². The van der Waals surface area contributed by atoms with Gasteiger partial charge in [0.05, 0.1) is 5.41 Å². The number of rotatable bonds is 3. The Bertz CT molecular complexity index is 485. The molecule has 1 amide bonds. The van der Waals surface area contributed by atoms with Crippen LogP contribution in [0.3, 0.4) is 0 Å². The highest BCUT2D eigenvalue weighted by Gasteiger charge is 2.42. The zero-order chi connectivity index (χ0) is 13.3. The van der Waals surface area contributed by atoms with Crippen LogP contribution in [-0.2, 0) is 4.79 Å². The summed E-state index contributed by atoms with van der Waals surface area (Å²) < 4.78 is 0. The SMILES string of the molecule is CSc1ccsc1C(=O)N1CCC(C)(C(=O)O)C1. The molecule has 1 aliphatic heterocycles. The van der Waals surface area contributed by atoms with E-state index in [-0.39, 0.29) is 5.91 Å². The van der Waals surface area contributed by atoms with Crippen molar-refractivity contribution in [1.29, 1.82) is 0 Å². The lowest BCUT2D eigenvalue weighted by Gasteiger charge is -2.20. The lowest BCUT2D eigenvalue weighted by molar-refractivity contribution is -0.147. The van der Waals surface area contributed by atoms with Crippen molar-refractivity contribution in [3.63, 3.8) is 0 Å². The van der Waals surface area contributed by atoms with Gasteiger partial charge in [0.25, 0.3) is 5.91 Å². The van der Waals surface area contributed by atoms with Crippen LogP contribution in [0, 0.1) is 5.41 Å². The Morgan fingerprint density at radius 3 is 2.83 bits per heavy atom. The Balaban J connectivity index is 2.15. The van der Waals surface area contributed by atoms with Crippen LogP contribution in [0.25, 0.3) is 0 Å². The number of nitrogens with zero attached hydrogens (tertiary/aromatic N) is 1. The largest absolute Gasteiger partial charge is 0.481 e. The van der Waals surface area contributed by atoms with Crippen molar-refractivity contribution in [2.75, 3.05) is 19.3 Å². The summed E-state index contributed by atoms with van der Waals surface area (Å²) in [5, 5.41) is 11.1. The van der Waals surface area contributed by atoms with Crippen LogP contribution in [0.5, 0.6) is 0 Å². The number of hydrogen-bond donors (Lipinski definition) is 1. The molecular weight excluding hydrogens is 270 g/mol. The molecule has 1 atom stereocenters. The molecule has 1 aromatic rings. The third-order valence-electron chi connectivity index (χ3n) is 3.32. The van der Waals surface area contributed by atoms with Crippen LogP contribution >= 0.6 is 23.1 Å². The Labute approximate surface area is 114 Å². The number of carboxylic acids is 1. The lowest BCUT2D eigenvalue weighted by atomic mass is 9.90. The van der Waals surface area contributed by atoms with Crippen molar-refractivity contribution < 1.29 is 14.7 Å². The molecule has 0 spiro atoms. The van der Waals surface area contributed by atoms with Crippen LogP contribution in [-0.4, -0.2) is 41.2 Å². The number of carbonyl (C=O) groups is 2. The van der Waals surface area contributed by atoms with Crippen molar-refractivity contribution >= 4 is 35.0 Å². The topological polar surface area (TPSA) is 57.6 Å². The van der Waals surface area contributed by atoms with Crippen molar-refractivity contribution in [1.82, 2.24) is 4.90 Å². The summed E-state index contributed by atoms with van der Waals surface area (Å²) in [6, 6.07) is 1.93. The third-order valence-corrected chi connectivity index (χ3v) is 5.13. The third kappa shape index (κ3) is 2.27. The summed E-state index contributed by atoms with van der Waals surface area (Å²) >= 11 is 2.96. The molecule has 6 heteroatoms. The molecule has 1 aromatic heterocycles. The Morgan fingerprint density at radius 2 is 2.28 bits per heavy atom. The number of hydrogen-bond acceptors (Lipinski definition) is 4. The van der Waals surface area contributed by atoms with E-state index in [1.165, 1.54) is 11.3 Å². The average Bonchev–Trinajstić information content (AvgIpc) is 2.94. The maximum Gasteiger partial charge on any atom is 0.311 e. The zero-order valence-electron chi connectivity index (χ0n) is 10.3. The first-order valence-electron chi connectivity index (χ1n) is 5.62. The molecule has 0 aliphatic carbocycles. The second-order valence-electron chi connectivity index (χ2n) is 4.66. The summed E-state index contributed by atoms with van der Waals surface area (Å²) in [6.07, 6.45) is 2.46. The van der Waals surface area contributed by atoms with E-state index in [1.54, 1.807) is 23.6 Å². The van der Waals surface area contributed by atoms with Gasteiger partial charge in [0, 0.05) is 18.0 Å². The fourth-order valence-electron chi connectivity index (χ4n) is 2.07. The molecule has 0 radical (unpaired) electrons. The second kappa shape index (κ2) is 4.93. The highest BCUT2D eigenvalue weighted by Crippen LogP contribution is 2.33. The zero-order valence-corrected chi connectivity index (χ0v) is 11.9. The lowest BCUT2D eigenvalue weighted by Crippen LogP contribution is -2.34. The molecule has 2 heterocycles. The van der Waals surface area contributed by atoms with Gasteiger partial charge in [-0.2, -0.15) is 0 Å². The van der Waals surface area contributed by atoms with Crippen LogP contribution in [0.1, 0.15) is 23.0 Å². The molecule has 0 bridgehead atoms. The molecule has 98 valence electrons.